The molecule has 0 saturated carbocycles. The lowest BCUT2D eigenvalue weighted by molar-refractivity contribution is -0.870. The molecule has 1 N–H and O–H groups in total. The largest absolute Gasteiger partial charge is 0.756 e. The minimum Gasteiger partial charge on any atom is -0.756 e. The number of hydrogen-bond acceptors (Lipinski definition) is 7. The molecule has 9 nitrogen and oxygen atoms in total. The third-order valence-electron chi connectivity index (χ3n) is 17.1. The normalized spacial score (nSPS) is 13.6. The van der Waals surface area contributed by atoms with E-state index < -0.39 is 20.0 Å². The van der Waals surface area contributed by atoms with Crippen molar-refractivity contribution in [3.8, 4) is 0 Å². The molecular formula is C74H145N2O7P. The highest BCUT2D eigenvalue weighted by Gasteiger charge is 2.27. The standard InChI is InChI=1S/C74H145N2O7P/c1-7-10-13-16-19-22-25-28-30-32-34-35-36-37-38-39-40-41-43-45-47-49-52-55-58-61-64-67-74(78)83-72(65-62-59-56-53-50-27-24-21-18-15-12-9-3)71(70-82-84(79,80)81-69-68-76(4,5)6)75-73(77)66-63-60-57-54-51-48-46-44-42-33-31-29-26-23-20-17-14-11-8-2/h28,30,62,65,71-72H,7-27,29,31-61,63-64,66-70H2,1-6H3,(H-,75,77,79,80)/b30-28+,65-62+. The highest BCUT2D eigenvalue weighted by molar-refractivity contribution is 7.45. The minimum absolute atomic E-state index is 0.0175. The van der Waals surface area contributed by atoms with Gasteiger partial charge in [-0.05, 0) is 57.4 Å². The van der Waals surface area contributed by atoms with Crippen molar-refractivity contribution in [1.29, 1.82) is 0 Å². The van der Waals surface area contributed by atoms with Gasteiger partial charge in [0.1, 0.15) is 19.3 Å². The molecule has 0 heterocycles. The van der Waals surface area contributed by atoms with Crippen molar-refractivity contribution in [3.63, 3.8) is 0 Å². The predicted molar refractivity (Wildman–Crippen MR) is 363 cm³/mol. The van der Waals surface area contributed by atoms with Crippen molar-refractivity contribution >= 4 is 19.7 Å². The maximum atomic E-state index is 13.6. The fourth-order valence-corrected chi connectivity index (χ4v) is 12.1. The summed E-state index contributed by atoms with van der Waals surface area (Å²) in [5.41, 5.74) is 0. The Hall–Kier alpha value is -1.51. The van der Waals surface area contributed by atoms with Crippen molar-refractivity contribution in [2.24, 2.45) is 0 Å². The summed E-state index contributed by atoms with van der Waals surface area (Å²) in [4.78, 5) is 40.2. The lowest BCUT2D eigenvalue weighted by atomic mass is 10.0. The Balaban J connectivity index is 4.94. The summed E-state index contributed by atoms with van der Waals surface area (Å²) in [7, 11) is 1.21. The molecule has 0 aromatic rings. The number of allylic oxidation sites excluding steroid dienone is 3. The molecule has 10 heteroatoms. The van der Waals surface area contributed by atoms with Crippen LogP contribution in [0.5, 0.6) is 0 Å². The predicted octanol–water partition coefficient (Wildman–Crippen LogP) is 23.0. The van der Waals surface area contributed by atoms with E-state index in [1.807, 2.05) is 33.3 Å². The number of carbonyl (C=O) groups is 2. The van der Waals surface area contributed by atoms with Gasteiger partial charge in [-0.2, -0.15) is 0 Å². The first-order valence-electron chi connectivity index (χ1n) is 37.1. The van der Waals surface area contributed by atoms with Gasteiger partial charge in [-0.15, -0.1) is 0 Å². The van der Waals surface area contributed by atoms with E-state index in [1.54, 1.807) is 0 Å². The first-order chi connectivity index (χ1) is 40.9. The van der Waals surface area contributed by atoms with Crippen molar-refractivity contribution in [2.75, 3.05) is 40.9 Å². The lowest BCUT2D eigenvalue weighted by Crippen LogP contribution is -2.47. The number of carbonyl (C=O) groups excluding carboxylic acids is 2. The molecule has 0 spiro atoms. The van der Waals surface area contributed by atoms with Gasteiger partial charge in [-0.25, -0.2) is 0 Å². The number of amides is 1. The molecule has 0 fully saturated rings. The zero-order valence-electron chi connectivity index (χ0n) is 57.1. The number of phosphoric acid groups is 1. The van der Waals surface area contributed by atoms with Gasteiger partial charge in [-0.1, -0.05) is 341 Å². The summed E-state index contributed by atoms with van der Waals surface area (Å²) in [5, 5.41) is 3.05. The van der Waals surface area contributed by atoms with Gasteiger partial charge in [0, 0.05) is 12.8 Å². The van der Waals surface area contributed by atoms with Gasteiger partial charge in [-0.3, -0.25) is 14.2 Å². The van der Waals surface area contributed by atoms with Crippen LogP contribution in [-0.2, 0) is 27.9 Å². The smallest absolute Gasteiger partial charge is 0.306 e. The average Bonchev–Trinajstić information content (AvgIpc) is 3.65. The number of hydrogen-bond donors (Lipinski definition) is 1. The van der Waals surface area contributed by atoms with E-state index >= 15 is 0 Å². The molecule has 0 aromatic carbocycles. The average molecular weight is 1210 g/mol. The number of ether oxygens (including phenoxy) is 1. The molecule has 3 atom stereocenters. The molecule has 0 aromatic heterocycles. The van der Waals surface area contributed by atoms with E-state index in [0.29, 0.717) is 17.4 Å². The number of esters is 1. The molecule has 3 unspecified atom stereocenters. The van der Waals surface area contributed by atoms with E-state index in [1.165, 1.54) is 295 Å². The molecule has 0 saturated heterocycles. The van der Waals surface area contributed by atoms with E-state index in [0.717, 1.165) is 57.8 Å². The molecule has 0 bridgehead atoms. The number of likely N-dealkylation sites (N-methyl/N-ethyl adjacent to an activating group) is 1. The Kier molecular flexibility index (Phi) is 63.3. The maximum absolute atomic E-state index is 13.6. The van der Waals surface area contributed by atoms with Gasteiger partial charge in [0.25, 0.3) is 7.82 Å². The number of quaternary nitrogens is 1. The van der Waals surface area contributed by atoms with Gasteiger partial charge in [0.2, 0.25) is 5.91 Å². The van der Waals surface area contributed by atoms with E-state index in [4.69, 9.17) is 13.8 Å². The molecule has 0 rings (SSSR count). The van der Waals surface area contributed by atoms with Crippen LogP contribution in [0.1, 0.15) is 387 Å². The van der Waals surface area contributed by atoms with Crippen LogP contribution >= 0.6 is 7.82 Å². The second-order valence-electron chi connectivity index (χ2n) is 26.8. The highest BCUT2D eigenvalue weighted by Crippen LogP contribution is 2.38. The molecule has 0 aliphatic carbocycles. The highest BCUT2D eigenvalue weighted by atomic mass is 31.2. The summed E-state index contributed by atoms with van der Waals surface area (Å²) >= 11 is 0. The number of nitrogens with zero attached hydrogens (tertiary/aromatic N) is 1. The van der Waals surface area contributed by atoms with Gasteiger partial charge >= 0.3 is 5.97 Å². The Morgan fingerprint density at radius 1 is 0.405 bits per heavy atom. The van der Waals surface area contributed by atoms with Gasteiger partial charge < -0.3 is 28.5 Å². The Morgan fingerprint density at radius 3 is 1.01 bits per heavy atom. The SMILES string of the molecule is CCCCCCCC/C=C/CCCCCCCCCCCCCCCCCCCC(=O)OC(/C=C/CCCCCCCCCCCC)C(COP(=O)([O-])OCC[N+](C)(C)C)NC(=O)CCCCCCCCCCCCCCCCCCCCC. The first kappa shape index (κ1) is 82.5. The summed E-state index contributed by atoms with van der Waals surface area (Å²) < 4.78 is 30.5. The van der Waals surface area contributed by atoms with Crippen LogP contribution < -0.4 is 10.2 Å². The monoisotopic (exact) mass is 1210 g/mol. The number of phosphoric ester groups is 1. The van der Waals surface area contributed by atoms with Crippen LogP contribution in [0.15, 0.2) is 24.3 Å². The van der Waals surface area contributed by atoms with Crippen LogP contribution in [0, 0.1) is 0 Å². The van der Waals surface area contributed by atoms with Crippen LogP contribution in [-0.4, -0.2) is 69.4 Å². The van der Waals surface area contributed by atoms with Gasteiger partial charge in [0.05, 0.1) is 33.8 Å². The molecule has 0 aliphatic rings. The van der Waals surface area contributed by atoms with E-state index in [2.05, 4.69) is 38.2 Å². The summed E-state index contributed by atoms with van der Waals surface area (Å²) in [6.07, 6.45) is 78.8. The van der Waals surface area contributed by atoms with Crippen molar-refractivity contribution in [3.05, 3.63) is 24.3 Å². The van der Waals surface area contributed by atoms with Crippen LogP contribution in [0.3, 0.4) is 0 Å². The third-order valence-corrected chi connectivity index (χ3v) is 18.1. The zero-order valence-corrected chi connectivity index (χ0v) is 58.0. The van der Waals surface area contributed by atoms with Crippen molar-refractivity contribution < 1.29 is 37.3 Å². The summed E-state index contributed by atoms with van der Waals surface area (Å²) in [5.74, 6) is -0.515. The van der Waals surface area contributed by atoms with E-state index in [-0.39, 0.29) is 31.5 Å². The Morgan fingerprint density at radius 2 is 0.690 bits per heavy atom. The fourth-order valence-electron chi connectivity index (χ4n) is 11.4. The van der Waals surface area contributed by atoms with Crippen LogP contribution in [0.4, 0.5) is 0 Å². The summed E-state index contributed by atoms with van der Waals surface area (Å²) in [6.45, 7) is 6.91. The lowest BCUT2D eigenvalue weighted by Gasteiger charge is -2.30. The van der Waals surface area contributed by atoms with Gasteiger partial charge in [0.15, 0.2) is 0 Å². The zero-order chi connectivity index (χ0) is 61.4. The maximum Gasteiger partial charge on any atom is 0.306 e. The molecule has 0 radical (unpaired) electrons. The molecule has 1 amide bonds. The number of rotatable bonds is 69. The number of nitrogens with one attached hydrogen (secondary N) is 1. The molecule has 84 heavy (non-hydrogen) atoms. The second kappa shape index (κ2) is 64.5. The fraction of sp³-hybridized carbons (Fsp3) is 0.919. The van der Waals surface area contributed by atoms with Crippen LogP contribution in [0.2, 0.25) is 0 Å². The molecule has 0 aliphatic heterocycles. The van der Waals surface area contributed by atoms with Crippen LogP contribution in [0.25, 0.3) is 0 Å². The third kappa shape index (κ3) is 64.9. The summed E-state index contributed by atoms with van der Waals surface area (Å²) in [6, 6.07) is -0.882. The molecular weight excluding hydrogens is 1060 g/mol. The van der Waals surface area contributed by atoms with Crippen molar-refractivity contribution in [1.82, 2.24) is 5.32 Å². The van der Waals surface area contributed by atoms with E-state index in [9.17, 15) is 19.0 Å². The topological polar surface area (TPSA) is 114 Å². The Labute approximate surface area is 524 Å². The quantitative estimate of drug-likeness (QED) is 0.0212. The second-order valence-corrected chi connectivity index (χ2v) is 28.2. The minimum atomic E-state index is -4.70. The Bertz CT molecular complexity index is 1480. The number of unbranched alkanes of at least 4 members (excludes halogenated alkanes) is 51. The molecule has 498 valence electrons. The first-order valence-corrected chi connectivity index (χ1v) is 38.6. The van der Waals surface area contributed by atoms with Crippen molar-refractivity contribution in [2.45, 2.75) is 399 Å².